The van der Waals surface area contributed by atoms with E-state index in [1.807, 2.05) is 20.8 Å². The lowest BCUT2D eigenvalue weighted by Crippen LogP contribution is -2.36. The second-order valence-corrected chi connectivity index (χ2v) is 7.80. The van der Waals surface area contributed by atoms with E-state index < -0.39 is 11.8 Å². The zero-order chi connectivity index (χ0) is 19.6. The van der Waals surface area contributed by atoms with E-state index in [1.165, 1.54) is 11.3 Å². The summed E-state index contributed by atoms with van der Waals surface area (Å²) in [5.41, 5.74) is 1.13. The average Bonchev–Trinajstić information content (AvgIpc) is 2.80. The van der Waals surface area contributed by atoms with Gasteiger partial charge in [0.1, 0.15) is 0 Å². The number of carbonyl (C=O) groups excluding carboxylic acids is 2. The SMILES string of the molecule is Cc1nc(C)c([C@@H](C)NC(=O)C(=O)Nc2cc3c(cc2Cl)OCCCO3)s1. The number of carbonyl (C=O) groups is 2. The fraction of sp³-hybridized carbons (Fsp3) is 0.389. The minimum Gasteiger partial charge on any atom is -0.490 e. The van der Waals surface area contributed by atoms with Crippen LogP contribution in [0.4, 0.5) is 5.69 Å². The largest absolute Gasteiger partial charge is 0.490 e. The highest BCUT2D eigenvalue weighted by Gasteiger charge is 2.22. The molecule has 1 atom stereocenters. The molecule has 1 aliphatic heterocycles. The predicted molar refractivity (Wildman–Crippen MR) is 104 cm³/mol. The van der Waals surface area contributed by atoms with Crippen LogP contribution >= 0.6 is 22.9 Å². The van der Waals surface area contributed by atoms with Gasteiger partial charge in [-0.3, -0.25) is 9.59 Å². The lowest BCUT2D eigenvalue weighted by molar-refractivity contribution is -0.136. The minimum atomic E-state index is -0.808. The van der Waals surface area contributed by atoms with Crippen LogP contribution in [0.25, 0.3) is 0 Å². The van der Waals surface area contributed by atoms with Crippen LogP contribution in [0.3, 0.4) is 0 Å². The quantitative estimate of drug-likeness (QED) is 0.758. The van der Waals surface area contributed by atoms with Crippen molar-refractivity contribution in [3.05, 3.63) is 32.7 Å². The maximum Gasteiger partial charge on any atom is 0.313 e. The third-order valence-electron chi connectivity index (χ3n) is 3.97. The average molecular weight is 410 g/mol. The molecule has 0 fully saturated rings. The molecule has 2 aromatic rings. The van der Waals surface area contributed by atoms with Gasteiger partial charge in [0.15, 0.2) is 11.5 Å². The van der Waals surface area contributed by atoms with Crippen molar-refractivity contribution in [3.63, 3.8) is 0 Å². The van der Waals surface area contributed by atoms with Crippen LogP contribution in [0, 0.1) is 13.8 Å². The molecular formula is C18H20ClN3O4S. The summed E-state index contributed by atoms with van der Waals surface area (Å²) in [6.07, 6.45) is 0.755. The van der Waals surface area contributed by atoms with Gasteiger partial charge in [-0.05, 0) is 20.8 Å². The molecule has 27 heavy (non-hydrogen) atoms. The molecule has 0 unspecified atom stereocenters. The normalized spacial score (nSPS) is 14.2. The Kier molecular flexibility index (Phi) is 5.86. The van der Waals surface area contributed by atoms with Crippen LogP contribution in [0.2, 0.25) is 5.02 Å². The minimum absolute atomic E-state index is 0.266. The molecular weight excluding hydrogens is 390 g/mol. The van der Waals surface area contributed by atoms with Gasteiger partial charge in [0.05, 0.1) is 40.7 Å². The zero-order valence-electron chi connectivity index (χ0n) is 15.2. The molecule has 1 aromatic heterocycles. The first-order valence-electron chi connectivity index (χ1n) is 8.50. The third-order valence-corrected chi connectivity index (χ3v) is 5.54. The molecule has 0 radical (unpaired) electrons. The first-order valence-corrected chi connectivity index (χ1v) is 9.69. The molecule has 2 amide bonds. The maximum atomic E-state index is 12.3. The van der Waals surface area contributed by atoms with Crippen LogP contribution < -0.4 is 20.1 Å². The van der Waals surface area contributed by atoms with Gasteiger partial charge in [-0.15, -0.1) is 11.3 Å². The van der Waals surface area contributed by atoms with Crippen molar-refractivity contribution in [2.75, 3.05) is 18.5 Å². The summed E-state index contributed by atoms with van der Waals surface area (Å²) < 4.78 is 11.1. The van der Waals surface area contributed by atoms with E-state index in [2.05, 4.69) is 15.6 Å². The number of benzene rings is 1. The first-order chi connectivity index (χ1) is 12.8. The van der Waals surface area contributed by atoms with E-state index in [9.17, 15) is 9.59 Å². The van der Waals surface area contributed by atoms with Crippen LogP contribution in [0.15, 0.2) is 12.1 Å². The first kappa shape index (κ1) is 19.4. The highest BCUT2D eigenvalue weighted by Crippen LogP contribution is 2.37. The number of hydrogen-bond donors (Lipinski definition) is 2. The maximum absolute atomic E-state index is 12.3. The van der Waals surface area contributed by atoms with E-state index in [4.69, 9.17) is 21.1 Å². The lowest BCUT2D eigenvalue weighted by atomic mass is 10.2. The Hall–Kier alpha value is -2.32. The number of aromatic nitrogens is 1. The van der Waals surface area contributed by atoms with Crippen molar-refractivity contribution in [1.82, 2.24) is 10.3 Å². The summed E-state index contributed by atoms with van der Waals surface area (Å²) in [7, 11) is 0. The molecule has 0 aliphatic carbocycles. The fourth-order valence-corrected chi connectivity index (χ4v) is 3.87. The molecule has 1 aromatic carbocycles. The van der Waals surface area contributed by atoms with Crippen LogP contribution in [-0.2, 0) is 9.59 Å². The molecule has 0 spiro atoms. The molecule has 0 saturated heterocycles. The topological polar surface area (TPSA) is 89.6 Å². The number of thiazole rings is 1. The number of halogens is 1. The third kappa shape index (κ3) is 4.51. The molecule has 2 heterocycles. The number of rotatable bonds is 3. The molecule has 0 saturated carbocycles. The standard InChI is InChI=1S/C18H20ClN3O4S/c1-9-16(27-11(3)20-9)10(2)21-17(23)18(24)22-13-8-15-14(7-12(13)19)25-5-4-6-26-15/h7-8,10H,4-6H2,1-3H3,(H,21,23)(H,22,24)/t10-/m1/s1. The Morgan fingerprint density at radius 1 is 1.19 bits per heavy atom. The number of anilines is 1. The molecule has 7 nitrogen and oxygen atoms in total. The van der Waals surface area contributed by atoms with Gasteiger partial charge in [0.2, 0.25) is 0 Å². The number of amides is 2. The summed E-state index contributed by atoms with van der Waals surface area (Å²) in [5.74, 6) is -0.561. The van der Waals surface area contributed by atoms with E-state index in [-0.39, 0.29) is 11.1 Å². The Morgan fingerprint density at radius 3 is 2.48 bits per heavy atom. The number of nitrogens with zero attached hydrogens (tertiary/aromatic N) is 1. The highest BCUT2D eigenvalue weighted by atomic mass is 35.5. The van der Waals surface area contributed by atoms with Crippen molar-refractivity contribution in [2.45, 2.75) is 33.2 Å². The second kappa shape index (κ2) is 8.14. The Bertz CT molecular complexity index is 884. The molecule has 0 bridgehead atoms. The number of fused-ring (bicyclic) bond motifs is 1. The van der Waals surface area contributed by atoms with Gasteiger partial charge in [-0.2, -0.15) is 0 Å². The second-order valence-electron chi connectivity index (χ2n) is 6.16. The number of hydrogen-bond acceptors (Lipinski definition) is 6. The zero-order valence-corrected chi connectivity index (χ0v) is 16.8. The molecule has 144 valence electrons. The smallest absolute Gasteiger partial charge is 0.313 e. The summed E-state index contributed by atoms with van der Waals surface area (Å²) >= 11 is 7.69. The van der Waals surface area contributed by atoms with Gasteiger partial charge >= 0.3 is 11.8 Å². The van der Waals surface area contributed by atoms with Crippen molar-refractivity contribution in [2.24, 2.45) is 0 Å². The van der Waals surface area contributed by atoms with Gasteiger partial charge in [0.25, 0.3) is 0 Å². The van der Waals surface area contributed by atoms with E-state index in [1.54, 1.807) is 12.1 Å². The van der Waals surface area contributed by atoms with E-state index >= 15 is 0 Å². The molecule has 2 N–H and O–H groups in total. The Morgan fingerprint density at radius 2 is 1.85 bits per heavy atom. The van der Waals surface area contributed by atoms with E-state index in [0.717, 1.165) is 22.0 Å². The summed E-state index contributed by atoms with van der Waals surface area (Å²) in [6, 6.07) is 2.81. The van der Waals surface area contributed by atoms with Gasteiger partial charge in [-0.25, -0.2) is 4.98 Å². The summed E-state index contributed by atoms with van der Waals surface area (Å²) in [6.45, 7) is 6.62. The summed E-state index contributed by atoms with van der Waals surface area (Å²) in [4.78, 5) is 29.8. The van der Waals surface area contributed by atoms with Crippen molar-refractivity contribution in [1.29, 1.82) is 0 Å². The monoisotopic (exact) mass is 409 g/mol. The fourth-order valence-electron chi connectivity index (χ4n) is 2.74. The van der Waals surface area contributed by atoms with Crippen LogP contribution in [0.5, 0.6) is 11.5 Å². The number of aryl methyl sites for hydroxylation is 2. The van der Waals surface area contributed by atoms with Crippen LogP contribution in [-0.4, -0.2) is 30.0 Å². The molecule has 3 rings (SSSR count). The van der Waals surface area contributed by atoms with Gasteiger partial charge in [-0.1, -0.05) is 11.6 Å². The Labute approximate surface area is 166 Å². The van der Waals surface area contributed by atoms with Gasteiger partial charge < -0.3 is 20.1 Å². The van der Waals surface area contributed by atoms with E-state index in [0.29, 0.717) is 30.4 Å². The Balaban J connectivity index is 1.68. The van der Waals surface area contributed by atoms with Crippen molar-refractivity contribution in [3.8, 4) is 11.5 Å². The number of ether oxygens (including phenoxy) is 2. The molecule has 9 heteroatoms. The van der Waals surface area contributed by atoms with Crippen LogP contribution in [0.1, 0.15) is 35.0 Å². The number of nitrogens with one attached hydrogen (secondary N) is 2. The van der Waals surface area contributed by atoms with Crippen molar-refractivity contribution >= 4 is 40.4 Å². The molecule has 1 aliphatic rings. The predicted octanol–water partition coefficient (Wildman–Crippen LogP) is 3.39. The lowest BCUT2D eigenvalue weighted by Gasteiger charge is -2.14. The van der Waals surface area contributed by atoms with Crippen molar-refractivity contribution < 1.29 is 19.1 Å². The summed E-state index contributed by atoms with van der Waals surface area (Å²) in [5, 5.41) is 6.38. The van der Waals surface area contributed by atoms with Gasteiger partial charge in [0, 0.05) is 23.4 Å². The highest BCUT2D eigenvalue weighted by molar-refractivity contribution is 7.11.